The first-order chi connectivity index (χ1) is 18.5. The molecule has 214 valence electrons. The molecule has 1 aliphatic carbocycles. The van der Waals surface area contributed by atoms with Crippen LogP contribution in [-0.4, -0.2) is 35.6 Å². The van der Waals surface area contributed by atoms with E-state index in [4.69, 9.17) is 14.7 Å². The van der Waals surface area contributed by atoms with Gasteiger partial charge in [0.15, 0.2) is 0 Å². The number of hydrogen-bond donors (Lipinski definition) is 0. The van der Waals surface area contributed by atoms with Crippen molar-refractivity contribution in [1.29, 1.82) is 5.26 Å². The number of unbranched alkanes of at least 4 members (excludes halogenated alkanes) is 2. The number of rotatable bonds is 10. The van der Waals surface area contributed by atoms with Crippen LogP contribution in [0.5, 0.6) is 11.5 Å². The maximum atomic E-state index is 13.3. The Hall–Kier alpha value is -2.32. The normalized spacial score (nSPS) is 24.5. The van der Waals surface area contributed by atoms with Gasteiger partial charge in [-0.25, -0.2) is 0 Å². The summed E-state index contributed by atoms with van der Waals surface area (Å²) in [6.45, 7) is 15.5. The quantitative estimate of drug-likeness (QED) is 0.131. The molecular formula is C34H50N2O3. The zero-order chi connectivity index (χ0) is 28.2. The largest absolute Gasteiger partial charge is 0.487 e. The van der Waals surface area contributed by atoms with Gasteiger partial charge in [-0.2, -0.15) is 5.26 Å². The van der Waals surface area contributed by atoms with Gasteiger partial charge in [0.05, 0.1) is 6.07 Å². The number of carbonyl (C=O) groups is 1. The van der Waals surface area contributed by atoms with E-state index >= 15 is 0 Å². The van der Waals surface area contributed by atoms with Gasteiger partial charge >= 0.3 is 5.97 Å². The molecule has 3 atom stereocenters. The average molecular weight is 535 g/mol. The molecule has 0 N–H and O–H groups in total. The first kappa shape index (κ1) is 29.7. The molecule has 0 bridgehead atoms. The minimum atomic E-state index is -0.295. The van der Waals surface area contributed by atoms with Crippen LogP contribution in [-0.2, 0) is 10.2 Å². The third-order valence-electron chi connectivity index (χ3n) is 9.60. The predicted octanol–water partition coefficient (Wildman–Crippen LogP) is 8.22. The number of carbonyl (C=O) groups excluding carboxylic acids is 1. The zero-order valence-corrected chi connectivity index (χ0v) is 25.3. The van der Waals surface area contributed by atoms with E-state index in [1.54, 1.807) is 0 Å². The summed E-state index contributed by atoms with van der Waals surface area (Å²) in [7, 11) is 0. The lowest BCUT2D eigenvalue weighted by atomic mass is 9.66. The minimum absolute atomic E-state index is 0.122. The molecule has 0 spiro atoms. The van der Waals surface area contributed by atoms with E-state index in [-0.39, 0.29) is 22.9 Å². The maximum Gasteiger partial charge on any atom is 0.311 e. The Labute approximate surface area is 236 Å². The van der Waals surface area contributed by atoms with Crippen LogP contribution in [0, 0.1) is 17.2 Å². The molecule has 3 aliphatic rings. The molecule has 5 heteroatoms. The van der Waals surface area contributed by atoms with E-state index in [0.717, 1.165) is 68.5 Å². The van der Waals surface area contributed by atoms with Gasteiger partial charge in [-0.1, -0.05) is 38.3 Å². The number of nitriles is 1. The second-order valence-electron chi connectivity index (χ2n) is 13.5. The Kier molecular flexibility index (Phi) is 9.48. The number of allylic oxidation sites excluding steroid dienone is 2. The summed E-state index contributed by atoms with van der Waals surface area (Å²) in [6.07, 6.45) is 12.8. The number of ether oxygens (including phenoxy) is 2. The molecule has 5 nitrogen and oxygen atoms in total. The van der Waals surface area contributed by atoms with Gasteiger partial charge in [0.2, 0.25) is 0 Å². The summed E-state index contributed by atoms with van der Waals surface area (Å²) >= 11 is 0. The van der Waals surface area contributed by atoms with Gasteiger partial charge < -0.3 is 14.4 Å². The summed E-state index contributed by atoms with van der Waals surface area (Å²) in [6, 6.07) is 7.20. The van der Waals surface area contributed by atoms with Crippen molar-refractivity contribution in [2.24, 2.45) is 5.92 Å². The van der Waals surface area contributed by atoms with Crippen LogP contribution in [0.2, 0.25) is 0 Å². The van der Waals surface area contributed by atoms with Crippen molar-refractivity contribution in [2.45, 2.75) is 135 Å². The molecule has 39 heavy (non-hydrogen) atoms. The van der Waals surface area contributed by atoms with E-state index in [9.17, 15) is 4.79 Å². The number of benzene rings is 1. The van der Waals surface area contributed by atoms with Gasteiger partial charge in [-0.15, -0.1) is 0 Å². The van der Waals surface area contributed by atoms with Crippen LogP contribution in [0.25, 0.3) is 0 Å². The average Bonchev–Trinajstić information content (AvgIpc) is 2.87. The van der Waals surface area contributed by atoms with Crippen molar-refractivity contribution < 1.29 is 14.3 Å². The van der Waals surface area contributed by atoms with Crippen molar-refractivity contribution >= 4 is 5.97 Å². The van der Waals surface area contributed by atoms with E-state index < -0.39 is 0 Å². The molecule has 0 aromatic heterocycles. The highest BCUT2D eigenvalue weighted by molar-refractivity contribution is 5.74. The highest BCUT2D eigenvalue weighted by Gasteiger charge is 2.46. The molecule has 1 unspecified atom stereocenters. The number of likely N-dealkylation sites (tertiary alicyclic amines) is 1. The number of piperidine rings is 1. The van der Waals surface area contributed by atoms with Gasteiger partial charge in [-0.3, -0.25) is 4.79 Å². The SMILES string of the molecule is CC1=CC[C@@H]2[C@@H](C1)c1c(OC(=O)CCCN3CCCCC3C)cc(C(C)(C)CCCCC#N)cc1OC2(C)C. The Bertz CT molecular complexity index is 1100. The third-order valence-corrected chi connectivity index (χ3v) is 9.60. The van der Waals surface area contributed by atoms with Gasteiger partial charge in [0.25, 0.3) is 0 Å². The third kappa shape index (κ3) is 7.07. The van der Waals surface area contributed by atoms with Crippen LogP contribution >= 0.6 is 0 Å². The summed E-state index contributed by atoms with van der Waals surface area (Å²) in [5, 5.41) is 8.95. The Balaban J connectivity index is 1.59. The standard InChI is InChI=1S/C34H50N2O3/c1-24-15-16-28-27(21-24)32-29(38-31(37)14-12-20-36-19-11-8-13-25(36)2)22-26(23-30(32)39-34(28,5)6)33(3,4)17-9-7-10-18-35/h15,22-23,25,27-28H,7-14,16-17,19-21H2,1-6H3/t25?,27-,28-/m1/s1. The van der Waals surface area contributed by atoms with E-state index in [2.05, 4.69) is 70.7 Å². The summed E-state index contributed by atoms with van der Waals surface area (Å²) in [4.78, 5) is 15.8. The van der Waals surface area contributed by atoms with Crippen LogP contribution in [0.3, 0.4) is 0 Å². The maximum absolute atomic E-state index is 13.3. The highest BCUT2D eigenvalue weighted by Crippen LogP contribution is 2.55. The first-order valence-electron chi connectivity index (χ1n) is 15.4. The van der Waals surface area contributed by atoms with Crippen LogP contribution in [0.15, 0.2) is 23.8 Å². The van der Waals surface area contributed by atoms with E-state index in [1.807, 2.05) is 0 Å². The molecule has 0 radical (unpaired) electrons. The summed E-state index contributed by atoms with van der Waals surface area (Å²) in [5.41, 5.74) is 3.20. The Morgan fingerprint density at radius 3 is 2.77 bits per heavy atom. The molecule has 4 rings (SSSR count). The van der Waals surface area contributed by atoms with Crippen LogP contribution < -0.4 is 9.47 Å². The number of nitrogens with zero attached hydrogens (tertiary/aromatic N) is 2. The zero-order valence-electron chi connectivity index (χ0n) is 25.3. The lowest BCUT2D eigenvalue weighted by Crippen LogP contribution is -2.45. The highest BCUT2D eigenvalue weighted by atomic mass is 16.5. The van der Waals surface area contributed by atoms with Crippen LogP contribution in [0.4, 0.5) is 0 Å². The number of fused-ring (bicyclic) bond motifs is 3. The van der Waals surface area contributed by atoms with Crippen molar-refractivity contribution in [3.05, 3.63) is 34.9 Å². The topological polar surface area (TPSA) is 62.6 Å². The van der Waals surface area contributed by atoms with Gasteiger partial charge in [0.1, 0.15) is 17.1 Å². The molecule has 1 aromatic rings. The van der Waals surface area contributed by atoms with E-state index in [1.165, 1.54) is 24.8 Å². The lowest BCUT2D eigenvalue weighted by molar-refractivity contribution is -0.134. The monoisotopic (exact) mass is 534 g/mol. The molecule has 2 heterocycles. The Morgan fingerprint density at radius 2 is 2.03 bits per heavy atom. The number of hydrogen-bond acceptors (Lipinski definition) is 5. The number of esters is 1. The second-order valence-corrected chi connectivity index (χ2v) is 13.5. The lowest BCUT2D eigenvalue weighted by Gasteiger charge is -2.47. The second kappa shape index (κ2) is 12.5. The van der Waals surface area contributed by atoms with E-state index in [0.29, 0.717) is 30.6 Å². The molecular weight excluding hydrogens is 484 g/mol. The molecule has 1 aromatic carbocycles. The molecule has 2 aliphatic heterocycles. The van der Waals surface area contributed by atoms with Crippen molar-refractivity contribution in [1.82, 2.24) is 4.90 Å². The van der Waals surface area contributed by atoms with Gasteiger partial charge in [0, 0.05) is 36.3 Å². The summed E-state index contributed by atoms with van der Waals surface area (Å²) < 4.78 is 13.0. The van der Waals surface area contributed by atoms with Crippen molar-refractivity contribution in [2.75, 3.05) is 13.1 Å². The minimum Gasteiger partial charge on any atom is -0.487 e. The Morgan fingerprint density at radius 1 is 1.23 bits per heavy atom. The molecule has 0 saturated carbocycles. The summed E-state index contributed by atoms with van der Waals surface area (Å²) in [5.74, 6) is 2.05. The predicted molar refractivity (Wildman–Crippen MR) is 157 cm³/mol. The fourth-order valence-electron chi connectivity index (χ4n) is 7.03. The van der Waals surface area contributed by atoms with Crippen molar-refractivity contribution in [3.8, 4) is 17.6 Å². The first-order valence-corrected chi connectivity index (χ1v) is 15.4. The van der Waals surface area contributed by atoms with Gasteiger partial charge in [-0.05, 0) is 109 Å². The van der Waals surface area contributed by atoms with Crippen LogP contribution in [0.1, 0.15) is 129 Å². The van der Waals surface area contributed by atoms with Crippen molar-refractivity contribution in [3.63, 3.8) is 0 Å². The molecule has 1 fully saturated rings. The molecule has 0 amide bonds. The fraction of sp³-hybridized carbons (Fsp3) is 0.706. The fourth-order valence-corrected chi connectivity index (χ4v) is 7.03. The smallest absolute Gasteiger partial charge is 0.311 e. The molecule has 1 saturated heterocycles.